The van der Waals surface area contributed by atoms with Crippen molar-refractivity contribution < 1.29 is 0 Å². The van der Waals surface area contributed by atoms with Crippen LogP contribution in [0.2, 0.25) is 0 Å². The Kier molecular flexibility index (Phi) is 4.09. The van der Waals surface area contributed by atoms with E-state index in [1.807, 2.05) is 36.4 Å². The van der Waals surface area contributed by atoms with E-state index in [-0.39, 0.29) is 5.84 Å². The van der Waals surface area contributed by atoms with Gasteiger partial charge in [0.1, 0.15) is 18.0 Å². The summed E-state index contributed by atoms with van der Waals surface area (Å²) in [5.41, 5.74) is 8.11. The number of hydrogen-bond donors (Lipinski definition) is 2. The van der Waals surface area contributed by atoms with Crippen LogP contribution in [0.5, 0.6) is 0 Å². The molecule has 0 unspecified atom stereocenters. The van der Waals surface area contributed by atoms with Crippen LogP contribution in [0.1, 0.15) is 22.3 Å². The van der Waals surface area contributed by atoms with Crippen LogP contribution in [0.3, 0.4) is 0 Å². The molecule has 0 bridgehead atoms. The van der Waals surface area contributed by atoms with E-state index in [0.29, 0.717) is 17.0 Å². The molecule has 0 saturated carbocycles. The number of nitriles is 2. The molecule has 5 heteroatoms. The van der Waals surface area contributed by atoms with Gasteiger partial charge in [-0.25, -0.2) is 4.99 Å². The molecule has 0 spiro atoms. The lowest BCUT2D eigenvalue weighted by Crippen LogP contribution is -2.09. The molecule has 0 atom stereocenters. The third kappa shape index (κ3) is 2.94. The molecule has 0 radical (unpaired) electrons. The topological polar surface area (TPSA) is 110 Å². The van der Waals surface area contributed by atoms with E-state index in [1.54, 1.807) is 24.3 Å². The molecule has 1 aliphatic rings. The zero-order valence-electron chi connectivity index (χ0n) is 11.0. The molecular formula is C16H11N5. The first-order valence-corrected chi connectivity index (χ1v) is 6.09. The van der Waals surface area contributed by atoms with Crippen molar-refractivity contribution in [2.24, 2.45) is 10.7 Å². The normalized spacial score (nSPS) is 11.3. The maximum absolute atomic E-state index is 8.45. The van der Waals surface area contributed by atoms with Gasteiger partial charge in [-0.05, 0) is 12.1 Å². The van der Waals surface area contributed by atoms with Gasteiger partial charge in [0.25, 0.3) is 0 Å². The summed E-state index contributed by atoms with van der Waals surface area (Å²) in [5, 5.41) is 24.3. The Morgan fingerprint density at radius 3 is 1.81 bits per heavy atom. The highest BCUT2D eigenvalue weighted by atomic mass is 14.9. The van der Waals surface area contributed by atoms with E-state index in [4.69, 9.17) is 21.7 Å². The summed E-state index contributed by atoms with van der Waals surface area (Å²) in [7, 11) is 0. The average molecular weight is 273 g/mol. The number of nitrogens with two attached hydrogens (primary N) is 1. The SMILES string of the molecule is N#Cc1ccccc1C#N.N=C1N=C(N)c2ccccc21. The molecule has 1 aliphatic heterocycles. The van der Waals surface area contributed by atoms with E-state index in [9.17, 15) is 0 Å². The molecular weight excluding hydrogens is 262 g/mol. The lowest BCUT2D eigenvalue weighted by Gasteiger charge is -1.94. The molecule has 3 rings (SSSR count). The Balaban J connectivity index is 0.000000155. The molecule has 0 saturated heterocycles. The number of nitrogens with one attached hydrogen (secondary N) is 1. The molecule has 0 amide bonds. The number of fused-ring (bicyclic) bond motifs is 1. The molecule has 5 nitrogen and oxygen atoms in total. The fourth-order valence-electron chi connectivity index (χ4n) is 1.83. The maximum Gasteiger partial charge on any atom is 0.154 e. The summed E-state index contributed by atoms with van der Waals surface area (Å²) in [6, 6.07) is 18.1. The maximum atomic E-state index is 8.45. The smallest absolute Gasteiger partial charge is 0.154 e. The largest absolute Gasteiger partial charge is 0.383 e. The first-order valence-electron chi connectivity index (χ1n) is 6.09. The highest BCUT2D eigenvalue weighted by Gasteiger charge is 2.16. The van der Waals surface area contributed by atoms with E-state index in [1.165, 1.54) is 0 Å². The summed E-state index contributed by atoms with van der Waals surface area (Å²) in [6.45, 7) is 0. The standard InChI is InChI=1S/C8H7N3.C8H4N2/c9-7-5-3-1-2-4-6(5)8(10)11-7;9-5-7-3-1-2-4-8(7)6-10/h1-4H,(H3,9,10,11);1-4H. The zero-order valence-corrected chi connectivity index (χ0v) is 11.0. The molecule has 0 aromatic heterocycles. The number of rotatable bonds is 0. The molecule has 2 aromatic rings. The zero-order chi connectivity index (χ0) is 15.2. The lowest BCUT2D eigenvalue weighted by atomic mass is 10.1. The van der Waals surface area contributed by atoms with Crippen molar-refractivity contribution in [2.45, 2.75) is 0 Å². The second-order valence-corrected chi connectivity index (χ2v) is 4.16. The fraction of sp³-hybridized carbons (Fsp3) is 0. The van der Waals surface area contributed by atoms with Gasteiger partial charge in [-0.3, -0.25) is 5.41 Å². The first kappa shape index (κ1) is 14.0. The van der Waals surface area contributed by atoms with Gasteiger partial charge in [-0.15, -0.1) is 0 Å². The second kappa shape index (κ2) is 6.14. The Morgan fingerprint density at radius 2 is 1.33 bits per heavy atom. The third-order valence-corrected chi connectivity index (χ3v) is 2.86. The quantitative estimate of drug-likeness (QED) is 0.767. The summed E-state index contributed by atoms with van der Waals surface area (Å²) in [4.78, 5) is 3.83. The number of aliphatic imine (C=N–C) groups is 1. The van der Waals surface area contributed by atoms with E-state index >= 15 is 0 Å². The summed E-state index contributed by atoms with van der Waals surface area (Å²) in [5.74, 6) is 0.712. The Labute approximate surface area is 122 Å². The van der Waals surface area contributed by atoms with Gasteiger partial charge in [-0.1, -0.05) is 36.4 Å². The number of benzene rings is 2. The van der Waals surface area contributed by atoms with Gasteiger partial charge < -0.3 is 5.73 Å². The molecule has 100 valence electrons. The predicted octanol–water partition coefficient (Wildman–Crippen LogP) is 2.16. The van der Waals surface area contributed by atoms with Gasteiger partial charge in [0.05, 0.1) is 11.1 Å². The molecule has 1 heterocycles. The Bertz CT molecular complexity index is 773. The highest BCUT2D eigenvalue weighted by molar-refractivity contribution is 6.20. The summed E-state index contributed by atoms with van der Waals surface area (Å²) < 4.78 is 0. The minimum Gasteiger partial charge on any atom is -0.383 e. The van der Waals surface area contributed by atoms with Crippen molar-refractivity contribution in [1.82, 2.24) is 0 Å². The van der Waals surface area contributed by atoms with Crippen molar-refractivity contribution in [1.29, 1.82) is 15.9 Å². The van der Waals surface area contributed by atoms with Crippen LogP contribution in [0.4, 0.5) is 0 Å². The fourth-order valence-corrected chi connectivity index (χ4v) is 1.83. The van der Waals surface area contributed by atoms with Crippen molar-refractivity contribution in [2.75, 3.05) is 0 Å². The second-order valence-electron chi connectivity index (χ2n) is 4.16. The van der Waals surface area contributed by atoms with E-state index in [0.717, 1.165) is 11.1 Å². The monoisotopic (exact) mass is 273 g/mol. The van der Waals surface area contributed by atoms with Gasteiger partial charge in [-0.2, -0.15) is 10.5 Å². The Morgan fingerprint density at radius 1 is 0.857 bits per heavy atom. The van der Waals surface area contributed by atoms with Crippen LogP contribution in [-0.4, -0.2) is 11.7 Å². The van der Waals surface area contributed by atoms with Crippen molar-refractivity contribution >= 4 is 11.7 Å². The number of hydrogen-bond acceptors (Lipinski definition) is 4. The minimum atomic E-state index is 0.262. The van der Waals surface area contributed by atoms with Gasteiger partial charge >= 0.3 is 0 Å². The van der Waals surface area contributed by atoms with Crippen LogP contribution in [-0.2, 0) is 0 Å². The summed E-state index contributed by atoms with van der Waals surface area (Å²) >= 11 is 0. The molecule has 0 aliphatic carbocycles. The molecule has 3 N–H and O–H groups in total. The van der Waals surface area contributed by atoms with Gasteiger partial charge in [0.15, 0.2) is 5.84 Å². The Hall–Kier alpha value is -3.44. The number of nitrogens with zero attached hydrogens (tertiary/aromatic N) is 3. The van der Waals surface area contributed by atoms with Crippen LogP contribution < -0.4 is 5.73 Å². The third-order valence-electron chi connectivity index (χ3n) is 2.86. The van der Waals surface area contributed by atoms with Crippen LogP contribution in [0.15, 0.2) is 53.5 Å². The average Bonchev–Trinajstić information content (AvgIpc) is 2.83. The van der Waals surface area contributed by atoms with E-state index in [2.05, 4.69) is 4.99 Å². The highest BCUT2D eigenvalue weighted by Crippen LogP contribution is 2.15. The first-order chi connectivity index (χ1) is 10.2. The van der Waals surface area contributed by atoms with Crippen LogP contribution >= 0.6 is 0 Å². The molecule has 21 heavy (non-hydrogen) atoms. The van der Waals surface area contributed by atoms with Crippen LogP contribution in [0.25, 0.3) is 0 Å². The molecule has 2 aromatic carbocycles. The van der Waals surface area contributed by atoms with Crippen molar-refractivity contribution in [3.05, 3.63) is 70.8 Å². The minimum absolute atomic E-state index is 0.262. The predicted molar refractivity (Wildman–Crippen MR) is 79.9 cm³/mol. The molecule has 0 fully saturated rings. The van der Waals surface area contributed by atoms with Gasteiger partial charge in [0.2, 0.25) is 0 Å². The lowest BCUT2D eigenvalue weighted by molar-refractivity contribution is 1.43. The van der Waals surface area contributed by atoms with E-state index < -0.39 is 0 Å². The summed E-state index contributed by atoms with van der Waals surface area (Å²) in [6.07, 6.45) is 0. The van der Waals surface area contributed by atoms with Crippen LogP contribution in [0, 0.1) is 28.1 Å². The number of amidine groups is 2. The van der Waals surface area contributed by atoms with Crippen molar-refractivity contribution in [3.8, 4) is 12.1 Å². The van der Waals surface area contributed by atoms with Crippen molar-refractivity contribution in [3.63, 3.8) is 0 Å². The van der Waals surface area contributed by atoms with Gasteiger partial charge in [0, 0.05) is 11.1 Å².